The number of fused-ring (bicyclic) bond motifs is 1. The molecular formula is C10H11BrNO2P. The van der Waals surface area contributed by atoms with E-state index in [0.29, 0.717) is 17.0 Å². The highest BCUT2D eigenvalue weighted by atomic mass is 79.9. The number of hydrogen-bond acceptors (Lipinski definition) is 2. The monoisotopic (exact) mass is 287 g/mol. The summed E-state index contributed by atoms with van der Waals surface area (Å²) in [6.45, 7) is 3.73. The maximum atomic E-state index is 12.4. The zero-order valence-corrected chi connectivity index (χ0v) is 11.0. The molecule has 0 saturated carbocycles. The van der Waals surface area contributed by atoms with Crippen molar-refractivity contribution in [1.82, 2.24) is 5.09 Å². The van der Waals surface area contributed by atoms with Crippen molar-refractivity contribution in [2.24, 2.45) is 0 Å². The zero-order chi connectivity index (χ0) is 11.2. The first kappa shape index (κ1) is 10.9. The van der Waals surface area contributed by atoms with Crippen molar-refractivity contribution in [3.05, 3.63) is 27.7 Å². The largest absolute Gasteiger partial charge is 0.299 e. The highest BCUT2D eigenvalue weighted by Crippen LogP contribution is 2.47. The van der Waals surface area contributed by atoms with Gasteiger partial charge in [-0.1, -0.05) is 6.92 Å². The van der Waals surface area contributed by atoms with Crippen LogP contribution >= 0.6 is 23.2 Å². The normalized spacial score (nSPS) is 23.8. The fourth-order valence-corrected chi connectivity index (χ4v) is 5.23. The van der Waals surface area contributed by atoms with Gasteiger partial charge in [-0.05, 0) is 40.5 Å². The van der Waals surface area contributed by atoms with Crippen LogP contribution in [-0.2, 0) is 4.57 Å². The van der Waals surface area contributed by atoms with Crippen molar-refractivity contribution in [3.63, 3.8) is 0 Å². The van der Waals surface area contributed by atoms with Gasteiger partial charge in [0.25, 0.3) is 5.91 Å². The Morgan fingerprint density at radius 1 is 1.47 bits per heavy atom. The van der Waals surface area contributed by atoms with E-state index in [1.165, 1.54) is 0 Å². The van der Waals surface area contributed by atoms with Crippen molar-refractivity contribution < 1.29 is 9.36 Å². The average molecular weight is 288 g/mol. The molecule has 1 heterocycles. The Bertz CT molecular complexity index is 498. The smallest absolute Gasteiger partial charge is 0.257 e. The van der Waals surface area contributed by atoms with Crippen LogP contribution in [0.2, 0.25) is 0 Å². The van der Waals surface area contributed by atoms with Crippen LogP contribution in [0.4, 0.5) is 0 Å². The molecule has 0 fully saturated rings. The number of carbonyl (C=O) groups is 1. The molecule has 1 amide bonds. The molecular weight excluding hydrogens is 277 g/mol. The predicted molar refractivity (Wildman–Crippen MR) is 64.1 cm³/mol. The molecule has 1 aromatic carbocycles. The molecule has 0 bridgehead atoms. The van der Waals surface area contributed by atoms with Gasteiger partial charge in [-0.15, -0.1) is 0 Å². The number of amides is 1. The molecule has 5 heteroatoms. The molecule has 0 saturated heterocycles. The number of benzene rings is 1. The Kier molecular flexibility index (Phi) is 2.52. The van der Waals surface area contributed by atoms with E-state index in [1.54, 1.807) is 6.07 Å². The highest BCUT2D eigenvalue weighted by Gasteiger charge is 2.38. The lowest BCUT2D eigenvalue weighted by atomic mass is 10.1. The summed E-state index contributed by atoms with van der Waals surface area (Å²) in [5.41, 5.74) is 1.53. The van der Waals surface area contributed by atoms with Crippen LogP contribution in [-0.4, -0.2) is 12.1 Å². The van der Waals surface area contributed by atoms with E-state index in [9.17, 15) is 9.36 Å². The summed E-state index contributed by atoms with van der Waals surface area (Å²) in [4.78, 5) is 11.6. The molecule has 1 unspecified atom stereocenters. The third-order valence-electron chi connectivity index (χ3n) is 2.54. The summed E-state index contributed by atoms with van der Waals surface area (Å²) in [5.74, 6) is -0.223. The molecule has 1 aromatic rings. The Balaban J connectivity index is 2.77. The van der Waals surface area contributed by atoms with Gasteiger partial charge in [0.2, 0.25) is 7.29 Å². The third kappa shape index (κ3) is 1.56. The fraction of sp³-hybridized carbons (Fsp3) is 0.300. The summed E-state index contributed by atoms with van der Waals surface area (Å²) in [6, 6.07) is 3.67. The number of carbonyl (C=O) groups excluding carboxylic acids is 1. The molecule has 1 aliphatic rings. The van der Waals surface area contributed by atoms with Gasteiger partial charge in [0.05, 0.1) is 10.9 Å². The Morgan fingerprint density at radius 3 is 2.73 bits per heavy atom. The van der Waals surface area contributed by atoms with E-state index < -0.39 is 7.29 Å². The maximum Gasteiger partial charge on any atom is 0.257 e. The summed E-state index contributed by atoms with van der Waals surface area (Å²) >= 11 is 3.38. The molecule has 1 aliphatic heterocycles. The average Bonchev–Trinajstić information content (AvgIpc) is 2.39. The number of rotatable bonds is 1. The first-order chi connectivity index (χ1) is 6.98. The van der Waals surface area contributed by atoms with Crippen molar-refractivity contribution >= 4 is 34.4 Å². The van der Waals surface area contributed by atoms with Gasteiger partial charge in [0.1, 0.15) is 0 Å². The van der Waals surface area contributed by atoms with Gasteiger partial charge < -0.3 is 0 Å². The molecule has 1 N–H and O–H groups in total. The molecule has 2 rings (SSSR count). The van der Waals surface area contributed by atoms with Crippen LogP contribution in [0.1, 0.15) is 22.8 Å². The fourth-order valence-electron chi connectivity index (χ4n) is 1.79. The minimum Gasteiger partial charge on any atom is -0.299 e. The summed E-state index contributed by atoms with van der Waals surface area (Å²) in [6.07, 6.45) is 0.452. The van der Waals surface area contributed by atoms with E-state index in [-0.39, 0.29) is 5.91 Å². The van der Waals surface area contributed by atoms with Gasteiger partial charge in [-0.2, -0.15) is 0 Å². The number of aryl methyl sites for hydroxylation is 1. The maximum absolute atomic E-state index is 12.4. The second kappa shape index (κ2) is 3.46. The number of halogens is 1. The molecule has 15 heavy (non-hydrogen) atoms. The van der Waals surface area contributed by atoms with Crippen LogP contribution in [0.15, 0.2) is 16.6 Å². The van der Waals surface area contributed by atoms with Gasteiger partial charge in [0, 0.05) is 10.6 Å². The zero-order valence-electron chi connectivity index (χ0n) is 8.50. The van der Waals surface area contributed by atoms with E-state index in [4.69, 9.17) is 0 Å². The highest BCUT2D eigenvalue weighted by molar-refractivity contribution is 9.10. The minimum absolute atomic E-state index is 0.223. The lowest BCUT2D eigenvalue weighted by Gasteiger charge is -2.11. The lowest BCUT2D eigenvalue weighted by Crippen LogP contribution is -2.13. The lowest BCUT2D eigenvalue weighted by molar-refractivity contribution is 0.0986. The third-order valence-corrected chi connectivity index (χ3v) is 6.13. The van der Waals surface area contributed by atoms with Crippen molar-refractivity contribution in [2.75, 3.05) is 6.16 Å². The van der Waals surface area contributed by atoms with Crippen LogP contribution in [0, 0.1) is 6.92 Å². The summed E-state index contributed by atoms with van der Waals surface area (Å²) < 4.78 is 13.1. The number of hydrogen-bond donors (Lipinski definition) is 1. The molecule has 80 valence electrons. The van der Waals surface area contributed by atoms with Crippen LogP contribution in [0.5, 0.6) is 0 Å². The Hall–Kier alpha value is -0.600. The van der Waals surface area contributed by atoms with Crippen LogP contribution in [0.3, 0.4) is 0 Å². The second-order valence-electron chi connectivity index (χ2n) is 3.64. The van der Waals surface area contributed by atoms with E-state index >= 15 is 0 Å². The number of nitrogens with one attached hydrogen (secondary N) is 1. The van der Waals surface area contributed by atoms with Gasteiger partial charge in [0.15, 0.2) is 0 Å². The molecule has 0 radical (unpaired) electrons. The van der Waals surface area contributed by atoms with Crippen molar-refractivity contribution in [1.29, 1.82) is 0 Å². The first-order valence-electron chi connectivity index (χ1n) is 4.70. The van der Waals surface area contributed by atoms with Crippen molar-refractivity contribution in [3.8, 4) is 0 Å². The SMILES string of the molecule is CCP1(=O)NC(=O)c2cc(C)cc(Br)c21. The molecule has 0 spiro atoms. The minimum atomic E-state index is -2.70. The van der Waals surface area contributed by atoms with Gasteiger partial charge in [-0.25, -0.2) is 0 Å². The van der Waals surface area contributed by atoms with Crippen LogP contribution in [0.25, 0.3) is 0 Å². The second-order valence-corrected chi connectivity index (χ2v) is 7.28. The summed E-state index contributed by atoms with van der Waals surface area (Å²) in [7, 11) is -2.70. The first-order valence-corrected chi connectivity index (χ1v) is 7.39. The summed E-state index contributed by atoms with van der Waals surface area (Å²) in [5, 5.41) is 3.25. The predicted octanol–water partition coefficient (Wildman–Crippen LogP) is 2.42. The molecule has 0 aromatic heterocycles. The van der Waals surface area contributed by atoms with Crippen LogP contribution < -0.4 is 10.4 Å². The Morgan fingerprint density at radius 2 is 2.13 bits per heavy atom. The van der Waals surface area contributed by atoms with E-state index in [1.807, 2.05) is 19.9 Å². The van der Waals surface area contributed by atoms with Gasteiger partial charge >= 0.3 is 0 Å². The van der Waals surface area contributed by atoms with E-state index in [2.05, 4.69) is 21.0 Å². The molecule has 0 aliphatic carbocycles. The quantitative estimate of drug-likeness (QED) is 0.807. The topological polar surface area (TPSA) is 46.2 Å². The van der Waals surface area contributed by atoms with Crippen molar-refractivity contribution in [2.45, 2.75) is 13.8 Å². The van der Waals surface area contributed by atoms with Gasteiger partial charge in [-0.3, -0.25) is 14.4 Å². The standard InChI is InChI=1S/C10H11BrNO2P/c1-3-15(14)9-7(10(13)12-15)4-6(2)5-8(9)11/h4-5H,3H2,1-2H3,(H,12,13,14). The molecule has 3 nitrogen and oxygen atoms in total. The van der Waals surface area contributed by atoms with E-state index in [0.717, 1.165) is 10.0 Å². The molecule has 1 atom stereocenters. The Labute approximate surface area is 96.8 Å².